The molecular formula is C14H24. The first kappa shape index (κ1) is 13.2. The largest absolute Gasteiger partial charge is 0.100 e. The molecule has 0 heterocycles. The normalized spacial score (nSPS) is 11.6. The minimum absolute atomic E-state index is 1.16. The van der Waals surface area contributed by atoms with Crippen molar-refractivity contribution in [2.75, 3.05) is 0 Å². The van der Waals surface area contributed by atoms with Crippen LogP contribution < -0.4 is 0 Å². The Morgan fingerprint density at radius 2 is 1.64 bits per heavy atom. The van der Waals surface area contributed by atoms with E-state index >= 15 is 0 Å². The van der Waals surface area contributed by atoms with Crippen LogP contribution in [0.1, 0.15) is 52.4 Å². The molecule has 80 valence electrons. The molecule has 0 N–H and O–H groups in total. The molecule has 0 saturated carbocycles. The van der Waals surface area contributed by atoms with Crippen molar-refractivity contribution < 1.29 is 0 Å². The highest BCUT2D eigenvalue weighted by molar-refractivity contribution is 5.02. The van der Waals surface area contributed by atoms with Gasteiger partial charge in [-0.1, -0.05) is 49.6 Å². The summed E-state index contributed by atoms with van der Waals surface area (Å²) in [5.41, 5.74) is 1.29. The molecular weight excluding hydrogens is 168 g/mol. The average molecular weight is 192 g/mol. The lowest BCUT2D eigenvalue weighted by atomic mass is 10.1. The van der Waals surface area contributed by atoms with Crippen LogP contribution >= 0.6 is 0 Å². The minimum Gasteiger partial charge on any atom is -0.100 e. The Morgan fingerprint density at radius 3 is 2.14 bits per heavy atom. The van der Waals surface area contributed by atoms with E-state index in [-0.39, 0.29) is 0 Å². The van der Waals surface area contributed by atoms with Crippen molar-refractivity contribution in [2.45, 2.75) is 52.4 Å². The summed E-state index contributed by atoms with van der Waals surface area (Å²) in [5.74, 6) is 0. The molecule has 0 atom stereocenters. The minimum atomic E-state index is 1.16. The molecule has 0 aromatic rings. The van der Waals surface area contributed by atoms with E-state index in [0.29, 0.717) is 0 Å². The number of allylic oxidation sites excluding steroid dienone is 5. The molecule has 0 bridgehead atoms. The van der Waals surface area contributed by atoms with Gasteiger partial charge in [0.05, 0.1) is 0 Å². The van der Waals surface area contributed by atoms with E-state index < -0.39 is 0 Å². The Bertz CT molecular complexity index is 184. The topological polar surface area (TPSA) is 0 Å². The molecule has 0 radical (unpaired) electrons. The smallest absolute Gasteiger partial charge is 0.0323 e. The predicted octanol–water partition coefficient (Wildman–Crippen LogP) is 5.04. The molecule has 0 spiro atoms. The quantitative estimate of drug-likeness (QED) is 0.287. The molecule has 0 aromatic heterocycles. The summed E-state index contributed by atoms with van der Waals surface area (Å²) >= 11 is 0. The van der Waals surface area contributed by atoms with Gasteiger partial charge in [-0.25, -0.2) is 0 Å². The molecule has 0 unspecified atom stereocenters. The molecule has 0 saturated heterocycles. The van der Waals surface area contributed by atoms with Crippen molar-refractivity contribution in [3.8, 4) is 0 Å². The third-order valence-corrected chi connectivity index (χ3v) is 2.08. The number of unbranched alkanes of at least 4 members (excludes halogenated alkanes) is 3. The van der Waals surface area contributed by atoms with Crippen molar-refractivity contribution in [3.63, 3.8) is 0 Å². The lowest BCUT2D eigenvalue weighted by molar-refractivity contribution is 0.814. The molecule has 0 aliphatic rings. The van der Waals surface area contributed by atoms with E-state index in [4.69, 9.17) is 0 Å². The Balaban J connectivity index is 3.26. The van der Waals surface area contributed by atoms with E-state index in [9.17, 15) is 0 Å². The molecule has 0 nitrogen and oxygen atoms in total. The maximum atomic E-state index is 3.88. The molecule has 0 amide bonds. The van der Waals surface area contributed by atoms with Crippen molar-refractivity contribution in [2.24, 2.45) is 0 Å². The lowest BCUT2D eigenvalue weighted by Gasteiger charge is -1.94. The zero-order valence-electron chi connectivity index (χ0n) is 9.76. The van der Waals surface area contributed by atoms with Gasteiger partial charge in [-0.15, -0.1) is 6.58 Å². The standard InChI is InChI=1S/C14H24/c1-4-5-6-7-8-9-10-11-12-13-14(2)3/h7-10H,2,4-6,11-13H2,1,3H3/b8-7+,10-9-. The first-order valence-corrected chi connectivity index (χ1v) is 5.73. The Morgan fingerprint density at radius 1 is 1.07 bits per heavy atom. The molecule has 0 heteroatoms. The number of hydrogen-bond acceptors (Lipinski definition) is 0. The lowest BCUT2D eigenvalue weighted by Crippen LogP contribution is -1.73. The van der Waals surface area contributed by atoms with Gasteiger partial charge in [-0.3, -0.25) is 0 Å². The van der Waals surface area contributed by atoms with Gasteiger partial charge < -0.3 is 0 Å². The Hall–Kier alpha value is -0.780. The Labute approximate surface area is 89.4 Å². The second-order valence-electron chi connectivity index (χ2n) is 3.85. The van der Waals surface area contributed by atoms with Crippen LogP contribution in [0.5, 0.6) is 0 Å². The van der Waals surface area contributed by atoms with Gasteiger partial charge in [0.15, 0.2) is 0 Å². The van der Waals surface area contributed by atoms with Gasteiger partial charge in [0.25, 0.3) is 0 Å². The van der Waals surface area contributed by atoms with Gasteiger partial charge in [0, 0.05) is 0 Å². The third kappa shape index (κ3) is 11.2. The van der Waals surface area contributed by atoms with Gasteiger partial charge in [0.1, 0.15) is 0 Å². The fourth-order valence-electron chi connectivity index (χ4n) is 1.19. The summed E-state index contributed by atoms with van der Waals surface area (Å²) in [6, 6.07) is 0. The summed E-state index contributed by atoms with van der Waals surface area (Å²) in [7, 11) is 0. The highest BCUT2D eigenvalue weighted by Gasteiger charge is 1.84. The average Bonchev–Trinajstić information content (AvgIpc) is 2.15. The van der Waals surface area contributed by atoms with Crippen molar-refractivity contribution in [1.29, 1.82) is 0 Å². The van der Waals surface area contributed by atoms with Crippen LogP contribution in [-0.2, 0) is 0 Å². The predicted molar refractivity (Wildman–Crippen MR) is 66.5 cm³/mol. The first-order chi connectivity index (χ1) is 6.77. The Kier molecular flexibility index (Phi) is 9.73. The third-order valence-electron chi connectivity index (χ3n) is 2.08. The second-order valence-corrected chi connectivity index (χ2v) is 3.85. The van der Waals surface area contributed by atoms with E-state index in [1.54, 1.807) is 0 Å². The van der Waals surface area contributed by atoms with E-state index in [0.717, 1.165) is 6.42 Å². The van der Waals surface area contributed by atoms with Crippen LogP contribution in [0.2, 0.25) is 0 Å². The van der Waals surface area contributed by atoms with Gasteiger partial charge >= 0.3 is 0 Å². The van der Waals surface area contributed by atoms with Crippen molar-refractivity contribution >= 4 is 0 Å². The van der Waals surface area contributed by atoms with Crippen molar-refractivity contribution in [1.82, 2.24) is 0 Å². The summed E-state index contributed by atoms with van der Waals surface area (Å²) < 4.78 is 0. The number of rotatable bonds is 8. The van der Waals surface area contributed by atoms with Crippen LogP contribution in [0.25, 0.3) is 0 Å². The zero-order chi connectivity index (χ0) is 10.6. The summed E-state index contributed by atoms with van der Waals surface area (Å²) in [5, 5.41) is 0. The van der Waals surface area contributed by atoms with E-state index in [1.807, 2.05) is 0 Å². The van der Waals surface area contributed by atoms with Gasteiger partial charge in [0.2, 0.25) is 0 Å². The second kappa shape index (κ2) is 10.3. The van der Waals surface area contributed by atoms with Crippen LogP contribution in [-0.4, -0.2) is 0 Å². The molecule has 0 fully saturated rings. The SMILES string of the molecule is C=C(C)CCC/C=C\C=C\CCCC. The molecule has 14 heavy (non-hydrogen) atoms. The maximum absolute atomic E-state index is 3.88. The van der Waals surface area contributed by atoms with E-state index in [2.05, 4.69) is 44.7 Å². The zero-order valence-corrected chi connectivity index (χ0v) is 9.76. The van der Waals surface area contributed by atoms with E-state index in [1.165, 1.54) is 37.7 Å². The summed E-state index contributed by atoms with van der Waals surface area (Å²) in [6.07, 6.45) is 16.2. The molecule has 0 aliphatic heterocycles. The van der Waals surface area contributed by atoms with Crippen molar-refractivity contribution in [3.05, 3.63) is 36.5 Å². The monoisotopic (exact) mass is 192 g/mol. The van der Waals surface area contributed by atoms with Gasteiger partial charge in [-0.2, -0.15) is 0 Å². The highest BCUT2D eigenvalue weighted by atomic mass is 13.9. The maximum Gasteiger partial charge on any atom is -0.0323 e. The van der Waals surface area contributed by atoms with Gasteiger partial charge in [-0.05, 0) is 32.6 Å². The fraction of sp³-hybridized carbons (Fsp3) is 0.571. The first-order valence-electron chi connectivity index (χ1n) is 5.73. The summed E-state index contributed by atoms with van der Waals surface area (Å²) in [6.45, 7) is 8.20. The molecule has 0 aliphatic carbocycles. The number of hydrogen-bond donors (Lipinski definition) is 0. The van der Waals surface area contributed by atoms with Crippen LogP contribution in [0.3, 0.4) is 0 Å². The highest BCUT2D eigenvalue weighted by Crippen LogP contribution is 2.04. The van der Waals surface area contributed by atoms with Crippen LogP contribution in [0, 0.1) is 0 Å². The molecule has 0 rings (SSSR count). The molecule has 0 aromatic carbocycles. The van der Waals surface area contributed by atoms with Crippen LogP contribution in [0.4, 0.5) is 0 Å². The van der Waals surface area contributed by atoms with Crippen LogP contribution in [0.15, 0.2) is 36.5 Å². The summed E-state index contributed by atoms with van der Waals surface area (Å²) in [4.78, 5) is 0. The fourth-order valence-corrected chi connectivity index (χ4v) is 1.19.